The van der Waals surface area contributed by atoms with Crippen LogP contribution < -0.4 is 4.72 Å². The maximum absolute atomic E-state index is 13.8. The van der Waals surface area contributed by atoms with Gasteiger partial charge < -0.3 is 5.11 Å². The number of rotatable bonds is 5. The minimum Gasteiger partial charge on any atom is -0.392 e. The van der Waals surface area contributed by atoms with E-state index in [-0.39, 0.29) is 16.9 Å². The van der Waals surface area contributed by atoms with Crippen molar-refractivity contribution in [1.29, 1.82) is 0 Å². The van der Waals surface area contributed by atoms with E-state index < -0.39 is 15.8 Å². The lowest BCUT2D eigenvalue weighted by Crippen LogP contribution is -2.34. The number of hydrogen-bond donors (Lipinski definition) is 2. The Balaban J connectivity index is 2.14. The first-order chi connectivity index (χ1) is 9.36. The van der Waals surface area contributed by atoms with Crippen LogP contribution in [0.3, 0.4) is 0 Å². The second-order valence-electron chi connectivity index (χ2n) is 5.77. The van der Waals surface area contributed by atoms with E-state index in [0.29, 0.717) is 12.1 Å². The quantitative estimate of drug-likeness (QED) is 0.876. The van der Waals surface area contributed by atoms with Gasteiger partial charge in [0, 0.05) is 6.54 Å². The minimum absolute atomic E-state index is 0.0331. The number of hydrogen-bond acceptors (Lipinski definition) is 3. The Morgan fingerprint density at radius 1 is 1.35 bits per heavy atom. The molecule has 0 radical (unpaired) electrons. The molecule has 0 amide bonds. The molecule has 1 aromatic rings. The summed E-state index contributed by atoms with van der Waals surface area (Å²) < 4.78 is 40.6. The Labute approximate surface area is 119 Å². The molecule has 1 fully saturated rings. The van der Waals surface area contributed by atoms with Gasteiger partial charge in [-0.25, -0.2) is 17.5 Å². The number of sulfonamides is 1. The molecule has 2 rings (SSSR count). The Morgan fingerprint density at radius 3 is 2.55 bits per heavy atom. The molecule has 0 saturated heterocycles. The maximum atomic E-state index is 13.8. The molecule has 0 aliphatic heterocycles. The summed E-state index contributed by atoms with van der Waals surface area (Å²) in [5.41, 5.74) is 0.318. The van der Waals surface area contributed by atoms with Crippen LogP contribution in [0.25, 0.3) is 0 Å². The van der Waals surface area contributed by atoms with E-state index in [0.717, 1.165) is 31.7 Å². The molecular weight excluding hydrogens is 281 g/mol. The summed E-state index contributed by atoms with van der Waals surface area (Å²) in [6.45, 7) is 2.06. The number of benzene rings is 1. The highest BCUT2D eigenvalue weighted by atomic mass is 32.2. The molecular formula is C14H20FNO3S. The predicted molar refractivity (Wildman–Crippen MR) is 74.1 cm³/mol. The summed E-state index contributed by atoms with van der Waals surface area (Å²) in [5, 5.41) is 8.90. The van der Waals surface area contributed by atoms with Gasteiger partial charge in [0.05, 0.1) is 6.61 Å². The van der Waals surface area contributed by atoms with Crippen LogP contribution >= 0.6 is 0 Å². The highest BCUT2D eigenvalue weighted by molar-refractivity contribution is 7.89. The molecule has 1 aliphatic carbocycles. The van der Waals surface area contributed by atoms with Gasteiger partial charge in [0.25, 0.3) is 0 Å². The summed E-state index contributed by atoms with van der Waals surface area (Å²) in [5.74, 6) is -0.833. The normalized spacial score (nSPS) is 18.4. The van der Waals surface area contributed by atoms with Gasteiger partial charge in [-0.2, -0.15) is 0 Å². The second kappa shape index (κ2) is 5.79. The van der Waals surface area contributed by atoms with E-state index in [1.54, 1.807) is 0 Å². The van der Waals surface area contributed by atoms with E-state index in [4.69, 9.17) is 5.11 Å². The first-order valence-corrected chi connectivity index (χ1v) is 8.24. The van der Waals surface area contributed by atoms with Crippen molar-refractivity contribution in [3.8, 4) is 0 Å². The van der Waals surface area contributed by atoms with Crippen molar-refractivity contribution in [1.82, 2.24) is 4.72 Å². The van der Waals surface area contributed by atoms with Gasteiger partial charge in [-0.15, -0.1) is 0 Å². The molecule has 0 aromatic heterocycles. The van der Waals surface area contributed by atoms with Crippen LogP contribution in [0, 0.1) is 11.2 Å². The molecule has 0 heterocycles. The van der Waals surface area contributed by atoms with Crippen molar-refractivity contribution >= 4 is 10.0 Å². The zero-order chi connectivity index (χ0) is 14.8. The highest BCUT2D eigenvalue weighted by Crippen LogP contribution is 2.37. The fourth-order valence-corrected chi connectivity index (χ4v) is 3.87. The number of nitrogens with one attached hydrogen (secondary N) is 1. The molecule has 1 aromatic carbocycles. The molecule has 1 saturated carbocycles. The Kier molecular flexibility index (Phi) is 4.46. The van der Waals surface area contributed by atoms with Crippen molar-refractivity contribution < 1.29 is 17.9 Å². The molecule has 112 valence electrons. The van der Waals surface area contributed by atoms with Gasteiger partial charge in [0.2, 0.25) is 10.0 Å². The van der Waals surface area contributed by atoms with Crippen molar-refractivity contribution in [2.45, 2.75) is 44.1 Å². The SMILES string of the molecule is CC1(CNS(=O)(=O)c2ccc(CO)cc2F)CCCC1. The molecule has 0 spiro atoms. The van der Waals surface area contributed by atoms with E-state index in [2.05, 4.69) is 4.72 Å². The Morgan fingerprint density at radius 2 is 2.00 bits per heavy atom. The lowest BCUT2D eigenvalue weighted by atomic mass is 9.89. The molecule has 20 heavy (non-hydrogen) atoms. The topological polar surface area (TPSA) is 66.4 Å². The number of aliphatic hydroxyl groups excluding tert-OH is 1. The standard InChI is InChI=1S/C14H20FNO3S/c1-14(6-2-3-7-14)10-16-20(18,19)13-5-4-11(9-17)8-12(13)15/h4-5,8,16-17H,2-3,6-7,9-10H2,1H3. The molecule has 0 atom stereocenters. The van der Waals surface area contributed by atoms with E-state index in [9.17, 15) is 12.8 Å². The van der Waals surface area contributed by atoms with Gasteiger partial charge >= 0.3 is 0 Å². The summed E-state index contributed by atoms with van der Waals surface area (Å²) in [4.78, 5) is -0.365. The highest BCUT2D eigenvalue weighted by Gasteiger charge is 2.31. The molecule has 6 heteroatoms. The molecule has 1 aliphatic rings. The first-order valence-electron chi connectivity index (χ1n) is 6.75. The largest absolute Gasteiger partial charge is 0.392 e. The van der Waals surface area contributed by atoms with Crippen LogP contribution in [0.1, 0.15) is 38.2 Å². The lowest BCUT2D eigenvalue weighted by Gasteiger charge is -2.23. The Hall–Kier alpha value is -0.980. The van der Waals surface area contributed by atoms with E-state index in [1.807, 2.05) is 6.92 Å². The third-order valence-electron chi connectivity index (χ3n) is 3.97. The molecule has 2 N–H and O–H groups in total. The van der Waals surface area contributed by atoms with E-state index in [1.165, 1.54) is 12.1 Å². The van der Waals surface area contributed by atoms with Gasteiger partial charge in [0.1, 0.15) is 10.7 Å². The van der Waals surface area contributed by atoms with Crippen LogP contribution in [-0.2, 0) is 16.6 Å². The van der Waals surface area contributed by atoms with Gasteiger partial charge in [-0.05, 0) is 36.0 Å². The molecule has 0 bridgehead atoms. The first kappa shape index (κ1) is 15.4. The fraction of sp³-hybridized carbons (Fsp3) is 0.571. The molecule has 4 nitrogen and oxygen atoms in total. The maximum Gasteiger partial charge on any atom is 0.243 e. The van der Waals surface area contributed by atoms with Crippen molar-refractivity contribution in [2.75, 3.05) is 6.54 Å². The van der Waals surface area contributed by atoms with Crippen LogP contribution in [0.2, 0.25) is 0 Å². The summed E-state index contributed by atoms with van der Waals surface area (Å²) in [7, 11) is -3.85. The predicted octanol–water partition coefficient (Wildman–Crippen LogP) is 2.18. The van der Waals surface area contributed by atoms with Crippen LogP contribution in [-0.4, -0.2) is 20.1 Å². The van der Waals surface area contributed by atoms with Crippen LogP contribution in [0.4, 0.5) is 4.39 Å². The van der Waals surface area contributed by atoms with Gasteiger partial charge in [-0.1, -0.05) is 25.8 Å². The van der Waals surface area contributed by atoms with Crippen LogP contribution in [0.15, 0.2) is 23.1 Å². The van der Waals surface area contributed by atoms with Gasteiger partial charge in [-0.3, -0.25) is 0 Å². The zero-order valence-corrected chi connectivity index (χ0v) is 12.3. The van der Waals surface area contributed by atoms with Gasteiger partial charge in [0.15, 0.2) is 0 Å². The smallest absolute Gasteiger partial charge is 0.243 e. The van der Waals surface area contributed by atoms with Crippen molar-refractivity contribution in [3.63, 3.8) is 0 Å². The fourth-order valence-electron chi connectivity index (χ4n) is 2.61. The third-order valence-corrected chi connectivity index (χ3v) is 5.40. The summed E-state index contributed by atoms with van der Waals surface area (Å²) in [6, 6.07) is 3.65. The van der Waals surface area contributed by atoms with Crippen molar-refractivity contribution in [2.24, 2.45) is 5.41 Å². The lowest BCUT2D eigenvalue weighted by molar-refractivity contribution is 0.281. The average Bonchev–Trinajstić information content (AvgIpc) is 2.84. The van der Waals surface area contributed by atoms with Crippen LogP contribution in [0.5, 0.6) is 0 Å². The Bertz CT molecular complexity index is 580. The number of halogens is 1. The summed E-state index contributed by atoms with van der Waals surface area (Å²) >= 11 is 0. The second-order valence-corrected chi connectivity index (χ2v) is 7.50. The monoisotopic (exact) mass is 301 g/mol. The summed E-state index contributed by atoms with van der Waals surface area (Å²) in [6.07, 6.45) is 4.19. The average molecular weight is 301 g/mol. The third kappa shape index (κ3) is 3.37. The number of aliphatic hydroxyl groups is 1. The minimum atomic E-state index is -3.85. The zero-order valence-electron chi connectivity index (χ0n) is 11.5. The molecule has 0 unspecified atom stereocenters. The van der Waals surface area contributed by atoms with Crippen molar-refractivity contribution in [3.05, 3.63) is 29.6 Å². The van der Waals surface area contributed by atoms with E-state index >= 15 is 0 Å².